The molecule has 0 saturated heterocycles. The van der Waals surface area contributed by atoms with Gasteiger partial charge in [0.15, 0.2) is 9.84 Å². The Hall–Kier alpha value is -2.48. The van der Waals surface area contributed by atoms with E-state index in [9.17, 15) is 16.8 Å². The Morgan fingerprint density at radius 3 is 1.71 bits per heavy atom. The number of hydrogen-bond acceptors (Lipinski definition) is 4. The molecule has 0 saturated carbocycles. The highest BCUT2D eigenvalue weighted by Gasteiger charge is 2.19. The lowest BCUT2D eigenvalue weighted by atomic mass is 10.0. The molecule has 3 rings (SSSR count). The summed E-state index contributed by atoms with van der Waals surface area (Å²) in [7, 11) is -7.15. The van der Waals surface area contributed by atoms with Crippen molar-refractivity contribution in [2.45, 2.75) is 22.8 Å². The quantitative estimate of drug-likeness (QED) is 0.664. The normalized spacial score (nSPS) is 13.2. The molecule has 28 heavy (non-hydrogen) atoms. The van der Waals surface area contributed by atoms with Crippen LogP contribution in [0.4, 0.5) is 0 Å². The van der Waals surface area contributed by atoms with Gasteiger partial charge in [0.25, 0.3) is 0 Å². The lowest BCUT2D eigenvalue weighted by Crippen LogP contribution is -2.26. The van der Waals surface area contributed by atoms with Gasteiger partial charge in [0, 0.05) is 12.3 Å². The highest BCUT2D eigenvalue weighted by atomic mass is 32.2. The van der Waals surface area contributed by atoms with Gasteiger partial charge in [-0.3, -0.25) is 0 Å². The molecule has 0 unspecified atom stereocenters. The molecular weight excluding hydrogens is 394 g/mol. The van der Waals surface area contributed by atoms with E-state index in [0.717, 1.165) is 22.9 Å². The lowest BCUT2D eigenvalue weighted by Gasteiger charge is -2.15. The summed E-state index contributed by atoms with van der Waals surface area (Å²) in [5, 5.41) is 0. The summed E-state index contributed by atoms with van der Waals surface area (Å²) in [6.45, 7) is 1.76. The van der Waals surface area contributed by atoms with Gasteiger partial charge in [-0.25, -0.2) is 21.6 Å². The average Bonchev–Trinajstić information content (AvgIpc) is 2.68. The van der Waals surface area contributed by atoms with Gasteiger partial charge in [-0.2, -0.15) is 0 Å². The van der Waals surface area contributed by atoms with Crippen LogP contribution in [0.3, 0.4) is 0 Å². The molecule has 7 heteroatoms. The molecule has 146 valence electrons. The van der Waals surface area contributed by atoms with Crippen LogP contribution in [-0.4, -0.2) is 23.1 Å². The first kappa shape index (κ1) is 20.3. The van der Waals surface area contributed by atoms with Crippen molar-refractivity contribution in [1.82, 2.24) is 4.72 Å². The maximum atomic E-state index is 12.6. The average molecular weight is 416 g/mol. The zero-order valence-corrected chi connectivity index (χ0v) is 17.2. The second kappa shape index (κ2) is 7.87. The predicted molar refractivity (Wildman–Crippen MR) is 110 cm³/mol. The highest BCUT2D eigenvalue weighted by molar-refractivity contribution is 7.90. The van der Waals surface area contributed by atoms with E-state index < -0.39 is 25.9 Å². The van der Waals surface area contributed by atoms with Crippen LogP contribution in [0, 0.1) is 0 Å². The van der Waals surface area contributed by atoms with Gasteiger partial charge in [-0.15, -0.1) is 0 Å². The maximum Gasteiger partial charge on any atom is 0.241 e. The molecule has 0 heterocycles. The molecule has 0 aliphatic rings. The molecule has 0 bridgehead atoms. The largest absolute Gasteiger partial charge is 0.241 e. The van der Waals surface area contributed by atoms with E-state index in [1.165, 1.54) is 24.3 Å². The van der Waals surface area contributed by atoms with Gasteiger partial charge < -0.3 is 0 Å². The summed E-state index contributed by atoms with van der Waals surface area (Å²) >= 11 is 0. The zero-order valence-electron chi connectivity index (χ0n) is 15.5. The van der Waals surface area contributed by atoms with Crippen molar-refractivity contribution < 1.29 is 16.8 Å². The fourth-order valence-corrected chi connectivity index (χ4v) is 4.69. The Morgan fingerprint density at radius 2 is 1.18 bits per heavy atom. The van der Waals surface area contributed by atoms with Crippen LogP contribution in [-0.2, 0) is 19.9 Å². The first-order valence-corrected chi connectivity index (χ1v) is 12.0. The van der Waals surface area contributed by atoms with Crippen molar-refractivity contribution in [1.29, 1.82) is 0 Å². The molecule has 0 radical (unpaired) electrons. The summed E-state index contributed by atoms with van der Waals surface area (Å²) in [5.41, 5.74) is 2.97. The minimum absolute atomic E-state index is 0.0210. The van der Waals surface area contributed by atoms with Crippen molar-refractivity contribution in [3.05, 3.63) is 84.4 Å². The van der Waals surface area contributed by atoms with Gasteiger partial charge in [-0.05, 0) is 47.9 Å². The van der Waals surface area contributed by atoms with Crippen LogP contribution in [0.25, 0.3) is 11.1 Å². The summed E-state index contributed by atoms with van der Waals surface area (Å²) in [6, 6.07) is 22.4. The molecule has 0 aliphatic carbocycles. The van der Waals surface area contributed by atoms with E-state index in [2.05, 4.69) is 4.72 Å². The van der Waals surface area contributed by atoms with Crippen molar-refractivity contribution in [2.24, 2.45) is 0 Å². The number of sulfonamides is 1. The molecular formula is C21H21NO4S2. The highest BCUT2D eigenvalue weighted by Crippen LogP contribution is 2.23. The summed E-state index contributed by atoms with van der Waals surface area (Å²) in [4.78, 5) is 0.101. The van der Waals surface area contributed by atoms with E-state index in [0.29, 0.717) is 0 Å². The van der Waals surface area contributed by atoms with Crippen molar-refractivity contribution in [2.75, 3.05) is 6.26 Å². The van der Waals surface area contributed by atoms with E-state index in [4.69, 9.17) is 0 Å². The summed E-state index contributed by atoms with van der Waals surface area (Å²) in [6.07, 6.45) is 1.08. The molecule has 0 aromatic heterocycles. The molecule has 0 amide bonds. The number of nitrogens with one attached hydrogen (secondary N) is 1. The van der Waals surface area contributed by atoms with Crippen LogP contribution in [0.5, 0.6) is 0 Å². The van der Waals surface area contributed by atoms with Gasteiger partial charge in [0.1, 0.15) is 0 Å². The van der Waals surface area contributed by atoms with E-state index in [1.54, 1.807) is 6.92 Å². The standard InChI is InChI=1S/C21H21NO4S2/c1-16(17-8-10-19(11-9-17)18-6-4-3-5-7-18)22-28(25,26)21-14-12-20(13-15-21)27(2,23)24/h3-16,22H,1-2H3/t16-/m0/s1. The number of rotatable bonds is 6. The third kappa shape index (κ3) is 4.67. The summed E-state index contributed by atoms with van der Waals surface area (Å²) in [5.74, 6) is 0. The Labute approximate surface area is 166 Å². The number of sulfone groups is 1. The van der Waals surface area contributed by atoms with E-state index in [1.807, 2.05) is 54.6 Å². The third-order valence-corrected chi connectivity index (χ3v) is 7.10. The molecule has 3 aromatic carbocycles. The second-order valence-electron chi connectivity index (χ2n) is 6.57. The van der Waals surface area contributed by atoms with Crippen LogP contribution >= 0.6 is 0 Å². The monoisotopic (exact) mass is 415 g/mol. The van der Waals surface area contributed by atoms with Gasteiger partial charge >= 0.3 is 0 Å². The SMILES string of the molecule is C[C@H](NS(=O)(=O)c1ccc(S(C)(=O)=O)cc1)c1ccc(-c2ccccc2)cc1. The fraction of sp³-hybridized carbons (Fsp3) is 0.143. The van der Waals surface area contributed by atoms with Crippen LogP contribution < -0.4 is 4.72 Å². The number of hydrogen-bond donors (Lipinski definition) is 1. The van der Waals surface area contributed by atoms with E-state index in [-0.39, 0.29) is 9.79 Å². The van der Waals surface area contributed by atoms with Crippen LogP contribution in [0.15, 0.2) is 88.7 Å². The fourth-order valence-electron chi connectivity index (χ4n) is 2.83. The molecule has 0 spiro atoms. The molecule has 1 atom stereocenters. The second-order valence-corrected chi connectivity index (χ2v) is 10.3. The predicted octanol–water partition coefficient (Wildman–Crippen LogP) is 3.80. The van der Waals surface area contributed by atoms with E-state index >= 15 is 0 Å². The van der Waals surface area contributed by atoms with Crippen molar-refractivity contribution in [3.63, 3.8) is 0 Å². The van der Waals surface area contributed by atoms with Gasteiger partial charge in [-0.1, -0.05) is 54.6 Å². The van der Waals surface area contributed by atoms with Gasteiger partial charge in [0.05, 0.1) is 9.79 Å². The first-order chi connectivity index (χ1) is 13.2. The molecule has 3 aromatic rings. The molecule has 0 aliphatic heterocycles. The Kier molecular flexibility index (Phi) is 5.69. The minimum Gasteiger partial charge on any atom is -0.224 e. The third-order valence-electron chi connectivity index (χ3n) is 4.41. The Balaban J connectivity index is 1.77. The molecule has 1 N–H and O–H groups in total. The van der Waals surface area contributed by atoms with Crippen LogP contribution in [0.1, 0.15) is 18.5 Å². The molecule has 5 nitrogen and oxygen atoms in total. The van der Waals surface area contributed by atoms with Crippen molar-refractivity contribution in [3.8, 4) is 11.1 Å². The zero-order chi connectivity index (χ0) is 20.4. The van der Waals surface area contributed by atoms with Gasteiger partial charge in [0.2, 0.25) is 10.0 Å². The molecule has 0 fully saturated rings. The number of benzene rings is 3. The lowest BCUT2D eigenvalue weighted by molar-refractivity contribution is 0.566. The van der Waals surface area contributed by atoms with Crippen molar-refractivity contribution >= 4 is 19.9 Å². The Morgan fingerprint density at radius 1 is 0.679 bits per heavy atom. The van der Waals surface area contributed by atoms with Crippen LogP contribution in [0.2, 0.25) is 0 Å². The maximum absolute atomic E-state index is 12.6. The Bertz CT molecular complexity index is 1150. The first-order valence-electron chi connectivity index (χ1n) is 8.65. The minimum atomic E-state index is -3.78. The topological polar surface area (TPSA) is 80.3 Å². The smallest absolute Gasteiger partial charge is 0.224 e. The summed E-state index contributed by atoms with van der Waals surface area (Å²) < 4.78 is 50.9.